The molecule has 0 aliphatic carbocycles. The Labute approximate surface area is 131 Å². The summed E-state index contributed by atoms with van der Waals surface area (Å²) in [7, 11) is 0. The van der Waals surface area contributed by atoms with Crippen LogP contribution in [-0.4, -0.2) is 18.1 Å². The number of phenolic OH excluding ortho intramolecular Hbond substituents is 1. The Morgan fingerprint density at radius 3 is 2.76 bits per heavy atom. The Hall–Kier alpha value is -2.01. The van der Waals surface area contributed by atoms with Gasteiger partial charge in [-0.25, -0.2) is 0 Å². The van der Waals surface area contributed by atoms with Crippen molar-refractivity contribution in [2.45, 2.75) is 13.3 Å². The van der Waals surface area contributed by atoms with Crippen LogP contribution in [0.5, 0.6) is 17.2 Å². The average Bonchev–Trinajstić information content (AvgIpc) is 2.93. The van der Waals surface area contributed by atoms with Crippen LogP contribution in [0.1, 0.15) is 18.1 Å². The molecule has 0 fully saturated rings. The highest BCUT2D eigenvalue weighted by molar-refractivity contribution is 9.10. The molecule has 3 rings (SSSR count). The number of phenols is 1. The maximum atomic E-state index is 9.86. The zero-order valence-electron chi connectivity index (χ0n) is 11.5. The first-order chi connectivity index (χ1) is 10.2. The van der Waals surface area contributed by atoms with Crippen molar-refractivity contribution >= 4 is 27.8 Å². The Kier molecular flexibility index (Phi) is 3.84. The second-order valence-corrected chi connectivity index (χ2v) is 5.52. The molecule has 1 N–H and O–H groups in total. The van der Waals surface area contributed by atoms with Crippen molar-refractivity contribution in [1.29, 1.82) is 0 Å². The number of fused-ring (bicyclic) bond motifs is 1. The van der Waals surface area contributed by atoms with Crippen molar-refractivity contribution in [3.63, 3.8) is 0 Å². The summed E-state index contributed by atoms with van der Waals surface area (Å²) in [5, 5.41) is 9.86. The van der Waals surface area contributed by atoms with E-state index >= 15 is 0 Å². The number of aryl methyl sites for hydroxylation is 1. The van der Waals surface area contributed by atoms with Gasteiger partial charge in [-0.1, -0.05) is 13.0 Å². The lowest BCUT2D eigenvalue weighted by Crippen LogP contribution is -1.92. The summed E-state index contributed by atoms with van der Waals surface area (Å²) >= 11 is 3.48. The van der Waals surface area contributed by atoms with E-state index in [4.69, 9.17) is 9.47 Å². The molecule has 1 aliphatic heterocycles. The Bertz CT molecular complexity index is 713. The number of benzene rings is 2. The van der Waals surface area contributed by atoms with Crippen molar-refractivity contribution < 1.29 is 14.6 Å². The maximum absolute atomic E-state index is 9.86. The first kappa shape index (κ1) is 13.9. The molecule has 0 atom stereocenters. The molecular formula is C16H14BrNO3. The van der Waals surface area contributed by atoms with Crippen molar-refractivity contribution in [3.8, 4) is 17.2 Å². The largest absolute Gasteiger partial charge is 0.506 e. The number of hydrogen-bond acceptors (Lipinski definition) is 4. The normalized spacial score (nSPS) is 13.0. The summed E-state index contributed by atoms with van der Waals surface area (Å²) in [6.45, 7) is 2.30. The highest BCUT2D eigenvalue weighted by Gasteiger charge is 2.15. The van der Waals surface area contributed by atoms with Crippen LogP contribution in [0.3, 0.4) is 0 Å². The van der Waals surface area contributed by atoms with Crippen LogP contribution < -0.4 is 9.47 Å². The van der Waals surface area contributed by atoms with Gasteiger partial charge in [-0.15, -0.1) is 0 Å². The quantitative estimate of drug-likeness (QED) is 0.846. The predicted molar refractivity (Wildman–Crippen MR) is 85.0 cm³/mol. The standard InChI is InChI=1S/C16H14BrNO3/c1-2-10-3-4-14(19)13(5-10)18-8-11-6-15-16(7-12(11)17)21-9-20-15/h3-8,19H,2,9H2,1H3. The number of nitrogens with zero attached hydrogens (tertiary/aromatic N) is 1. The smallest absolute Gasteiger partial charge is 0.231 e. The van der Waals surface area contributed by atoms with Crippen LogP contribution in [-0.2, 0) is 6.42 Å². The molecule has 5 heteroatoms. The monoisotopic (exact) mass is 347 g/mol. The van der Waals surface area contributed by atoms with E-state index < -0.39 is 0 Å². The van der Waals surface area contributed by atoms with Gasteiger partial charge in [0.15, 0.2) is 11.5 Å². The summed E-state index contributed by atoms with van der Waals surface area (Å²) in [6.07, 6.45) is 2.59. The molecule has 4 nitrogen and oxygen atoms in total. The molecule has 0 spiro atoms. The van der Waals surface area contributed by atoms with Gasteiger partial charge in [-0.05, 0) is 52.2 Å². The molecule has 2 aromatic carbocycles. The minimum atomic E-state index is 0.167. The molecule has 0 saturated carbocycles. The number of ether oxygens (including phenoxy) is 2. The zero-order chi connectivity index (χ0) is 14.8. The lowest BCUT2D eigenvalue weighted by atomic mass is 10.1. The number of aliphatic imine (C=N–C) groups is 1. The number of hydrogen-bond donors (Lipinski definition) is 1. The van der Waals surface area contributed by atoms with E-state index in [9.17, 15) is 5.11 Å². The van der Waals surface area contributed by atoms with Crippen molar-refractivity contribution in [2.24, 2.45) is 4.99 Å². The van der Waals surface area contributed by atoms with E-state index in [0.717, 1.165) is 27.8 Å². The first-order valence-electron chi connectivity index (χ1n) is 6.62. The molecule has 1 aliphatic rings. The Morgan fingerprint density at radius 2 is 2.00 bits per heavy atom. The van der Waals surface area contributed by atoms with Crippen LogP contribution in [0.4, 0.5) is 5.69 Å². The van der Waals surface area contributed by atoms with Gasteiger partial charge in [0, 0.05) is 16.3 Å². The summed E-state index contributed by atoms with van der Waals surface area (Å²) in [5.74, 6) is 1.58. The van der Waals surface area contributed by atoms with Crippen LogP contribution in [0, 0.1) is 0 Å². The van der Waals surface area contributed by atoms with Gasteiger partial charge >= 0.3 is 0 Å². The van der Waals surface area contributed by atoms with E-state index in [1.54, 1.807) is 12.3 Å². The molecule has 0 unspecified atom stereocenters. The van der Waals surface area contributed by atoms with Crippen molar-refractivity contribution in [1.82, 2.24) is 0 Å². The SMILES string of the molecule is CCc1ccc(O)c(N=Cc2cc3c(cc2Br)OCO3)c1. The number of aromatic hydroxyl groups is 1. The lowest BCUT2D eigenvalue weighted by molar-refractivity contribution is 0.174. The van der Waals surface area contributed by atoms with Gasteiger partial charge in [-0.3, -0.25) is 4.99 Å². The highest BCUT2D eigenvalue weighted by atomic mass is 79.9. The molecule has 108 valence electrons. The molecule has 0 radical (unpaired) electrons. The Morgan fingerprint density at radius 1 is 1.24 bits per heavy atom. The summed E-state index contributed by atoms with van der Waals surface area (Å²) in [6, 6.07) is 9.15. The fourth-order valence-electron chi connectivity index (χ4n) is 2.06. The maximum Gasteiger partial charge on any atom is 0.231 e. The number of halogens is 1. The molecule has 2 aromatic rings. The highest BCUT2D eigenvalue weighted by Crippen LogP contribution is 2.36. The fourth-order valence-corrected chi connectivity index (χ4v) is 2.49. The third-order valence-electron chi connectivity index (χ3n) is 3.28. The van der Waals surface area contributed by atoms with Gasteiger partial charge in [0.05, 0.1) is 0 Å². The molecule has 0 saturated heterocycles. The number of rotatable bonds is 3. The minimum absolute atomic E-state index is 0.167. The van der Waals surface area contributed by atoms with Gasteiger partial charge in [0.25, 0.3) is 0 Å². The van der Waals surface area contributed by atoms with Crippen molar-refractivity contribution in [2.75, 3.05) is 6.79 Å². The van der Waals surface area contributed by atoms with E-state index in [0.29, 0.717) is 11.4 Å². The van der Waals surface area contributed by atoms with E-state index in [1.165, 1.54) is 0 Å². The van der Waals surface area contributed by atoms with Gasteiger partial charge in [0.2, 0.25) is 6.79 Å². The summed E-state index contributed by atoms with van der Waals surface area (Å²) in [5.41, 5.74) is 2.55. The van der Waals surface area contributed by atoms with Crippen LogP contribution in [0.2, 0.25) is 0 Å². The zero-order valence-corrected chi connectivity index (χ0v) is 13.1. The summed E-state index contributed by atoms with van der Waals surface area (Å²) < 4.78 is 11.5. The van der Waals surface area contributed by atoms with E-state index in [2.05, 4.69) is 27.8 Å². The van der Waals surface area contributed by atoms with Gasteiger partial charge in [0.1, 0.15) is 11.4 Å². The van der Waals surface area contributed by atoms with Crippen LogP contribution in [0.15, 0.2) is 39.8 Å². The molecular weight excluding hydrogens is 334 g/mol. The first-order valence-corrected chi connectivity index (χ1v) is 7.42. The van der Waals surface area contributed by atoms with E-state index in [-0.39, 0.29) is 12.5 Å². The molecule has 0 aromatic heterocycles. The average molecular weight is 348 g/mol. The molecule has 1 heterocycles. The predicted octanol–water partition coefficient (Wildman–Crippen LogP) is 4.20. The minimum Gasteiger partial charge on any atom is -0.506 e. The molecule has 0 amide bonds. The molecule has 21 heavy (non-hydrogen) atoms. The van der Waals surface area contributed by atoms with Gasteiger partial charge < -0.3 is 14.6 Å². The fraction of sp³-hybridized carbons (Fsp3) is 0.188. The van der Waals surface area contributed by atoms with E-state index in [1.807, 2.05) is 24.3 Å². The molecule has 0 bridgehead atoms. The third-order valence-corrected chi connectivity index (χ3v) is 3.97. The Balaban J connectivity index is 1.93. The second kappa shape index (κ2) is 5.77. The van der Waals surface area contributed by atoms with Crippen LogP contribution in [0.25, 0.3) is 0 Å². The van der Waals surface area contributed by atoms with Crippen LogP contribution >= 0.6 is 15.9 Å². The second-order valence-electron chi connectivity index (χ2n) is 4.66. The third kappa shape index (κ3) is 2.88. The topological polar surface area (TPSA) is 51.1 Å². The summed E-state index contributed by atoms with van der Waals surface area (Å²) in [4.78, 5) is 4.37. The van der Waals surface area contributed by atoms with Crippen molar-refractivity contribution in [3.05, 3.63) is 45.9 Å². The van der Waals surface area contributed by atoms with Gasteiger partial charge in [-0.2, -0.15) is 0 Å². The lowest BCUT2D eigenvalue weighted by Gasteiger charge is -2.04.